The first-order chi connectivity index (χ1) is 15.2. The van der Waals surface area contributed by atoms with Gasteiger partial charge in [0, 0.05) is 37.6 Å². The molecule has 0 bridgehead atoms. The van der Waals surface area contributed by atoms with E-state index in [4.69, 9.17) is 14.5 Å². The van der Waals surface area contributed by atoms with Crippen molar-refractivity contribution in [3.8, 4) is 11.5 Å². The predicted octanol–water partition coefficient (Wildman–Crippen LogP) is 5.52. The Morgan fingerprint density at radius 1 is 0.871 bits per heavy atom. The lowest BCUT2D eigenvalue weighted by Gasteiger charge is -2.25. The number of aromatic nitrogens is 1. The summed E-state index contributed by atoms with van der Waals surface area (Å²) in [7, 11) is 3.38. The standard InChI is InChI=1S/C26H31N3O2/c1-30-24-9-5-21(6-10-24)18-29(19-22-7-11-25(31-2)12-8-22)26-17-23(14-16-28-26)27-15-13-20-3-4-20/h5-12,14,16-17,20H,3-4,13,15,18-19H2,1-2H3,(H,27,28). The monoisotopic (exact) mass is 417 g/mol. The van der Waals surface area contributed by atoms with E-state index in [1.54, 1.807) is 14.2 Å². The summed E-state index contributed by atoms with van der Waals surface area (Å²) in [6, 6.07) is 20.7. The largest absolute Gasteiger partial charge is 0.497 e. The first-order valence-corrected chi connectivity index (χ1v) is 10.9. The zero-order valence-electron chi connectivity index (χ0n) is 18.4. The van der Waals surface area contributed by atoms with Gasteiger partial charge in [-0.15, -0.1) is 0 Å². The highest BCUT2D eigenvalue weighted by Crippen LogP contribution is 2.32. The van der Waals surface area contributed by atoms with Crippen LogP contribution < -0.4 is 19.7 Å². The highest BCUT2D eigenvalue weighted by Gasteiger charge is 2.20. The Labute approximate surface area is 185 Å². The van der Waals surface area contributed by atoms with Gasteiger partial charge in [-0.1, -0.05) is 37.1 Å². The maximum absolute atomic E-state index is 5.30. The molecule has 2 aromatic carbocycles. The van der Waals surface area contributed by atoms with Crippen molar-refractivity contribution in [1.29, 1.82) is 0 Å². The van der Waals surface area contributed by atoms with Crippen LogP contribution in [0.1, 0.15) is 30.4 Å². The molecule has 1 aliphatic rings. The van der Waals surface area contributed by atoms with Crippen LogP contribution in [0.4, 0.5) is 11.5 Å². The molecule has 4 rings (SSSR count). The Hall–Kier alpha value is -3.21. The highest BCUT2D eigenvalue weighted by molar-refractivity contribution is 5.54. The number of hydrogen-bond donors (Lipinski definition) is 1. The van der Waals surface area contributed by atoms with Crippen LogP contribution in [-0.2, 0) is 13.1 Å². The van der Waals surface area contributed by atoms with Gasteiger partial charge in [-0.3, -0.25) is 0 Å². The lowest BCUT2D eigenvalue weighted by atomic mass is 10.1. The van der Waals surface area contributed by atoms with E-state index in [-0.39, 0.29) is 0 Å². The van der Waals surface area contributed by atoms with Crippen molar-refractivity contribution in [3.63, 3.8) is 0 Å². The molecule has 0 radical (unpaired) electrons. The highest BCUT2D eigenvalue weighted by atomic mass is 16.5. The minimum Gasteiger partial charge on any atom is -0.497 e. The fourth-order valence-corrected chi connectivity index (χ4v) is 3.65. The third-order valence-corrected chi connectivity index (χ3v) is 5.71. The van der Waals surface area contributed by atoms with E-state index in [2.05, 4.69) is 46.6 Å². The van der Waals surface area contributed by atoms with Gasteiger partial charge in [-0.25, -0.2) is 4.98 Å². The van der Waals surface area contributed by atoms with E-state index < -0.39 is 0 Å². The Bertz CT molecular complexity index is 904. The van der Waals surface area contributed by atoms with Gasteiger partial charge in [0.2, 0.25) is 0 Å². The van der Waals surface area contributed by atoms with Crippen LogP contribution in [0.3, 0.4) is 0 Å². The van der Waals surface area contributed by atoms with Gasteiger partial charge in [0.1, 0.15) is 17.3 Å². The summed E-state index contributed by atoms with van der Waals surface area (Å²) in [6.07, 6.45) is 5.92. The molecule has 1 heterocycles. The molecule has 1 aromatic heterocycles. The first kappa shape index (κ1) is 21.0. The van der Waals surface area contributed by atoms with E-state index in [1.165, 1.54) is 30.4 Å². The second kappa shape index (κ2) is 10.2. The van der Waals surface area contributed by atoms with Crippen molar-refractivity contribution in [2.24, 2.45) is 5.92 Å². The number of rotatable bonds is 11. The minimum atomic E-state index is 0.758. The number of hydrogen-bond acceptors (Lipinski definition) is 5. The summed E-state index contributed by atoms with van der Waals surface area (Å²) in [6.45, 7) is 2.54. The van der Waals surface area contributed by atoms with Crippen molar-refractivity contribution in [1.82, 2.24) is 4.98 Å². The van der Waals surface area contributed by atoms with Crippen LogP contribution in [0, 0.1) is 5.92 Å². The molecule has 0 amide bonds. The van der Waals surface area contributed by atoms with Crippen LogP contribution in [0.5, 0.6) is 11.5 Å². The van der Waals surface area contributed by atoms with E-state index >= 15 is 0 Å². The molecule has 0 atom stereocenters. The lowest BCUT2D eigenvalue weighted by molar-refractivity contribution is 0.414. The molecule has 5 nitrogen and oxygen atoms in total. The normalized spacial score (nSPS) is 13.0. The van der Waals surface area contributed by atoms with Crippen LogP contribution in [0.2, 0.25) is 0 Å². The maximum atomic E-state index is 5.30. The first-order valence-electron chi connectivity index (χ1n) is 10.9. The summed E-state index contributed by atoms with van der Waals surface area (Å²) in [5.74, 6) is 3.62. The molecule has 162 valence electrons. The van der Waals surface area contributed by atoms with Crippen LogP contribution >= 0.6 is 0 Å². The zero-order valence-corrected chi connectivity index (χ0v) is 18.4. The Balaban J connectivity index is 1.52. The summed E-state index contributed by atoms with van der Waals surface area (Å²) < 4.78 is 10.6. The smallest absolute Gasteiger partial charge is 0.131 e. The van der Waals surface area contributed by atoms with Gasteiger partial charge in [-0.05, 0) is 53.8 Å². The van der Waals surface area contributed by atoms with Gasteiger partial charge in [0.25, 0.3) is 0 Å². The molecule has 1 fully saturated rings. The second-order valence-electron chi connectivity index (χ2n) is 8.11. The summed E-state index contributed by atoms with van der Waals surface area (Å²) in [4.78, 5) is 6.99. The third-order valence-electron chi connectivity index (χ3n) is 5.71. The van der Waals surface area contributed by atoms with Crippen LogP contribution in [0.15, 0.2) is 66.9 Å². The Morgan fingerprint density at radius 3 is 1.97 bits per heavy atom. The number of methoxy groups -OCH3 is 2. The van der Waals surface area contributed by atoms with E-state index in [9.17, 15) is 0 Å². The summed E-state index contributed by atoms with van der Waals surface area (Å²) in [5, 5.41) is 3.57. The average Bonchev–Trinajstić information content (AvgIpc) is 3.64. The lowest BCUT2D eigenvalue weighted by Crippen LogP contribution is -2.23. The molecule has 0 saturated heterocycles. The number of pyridine rings is 1. The third kappa shape index (κ3) is 6.14. The van der Waals surface area contributed by atoms with Crippen molar-refractivity contribution in [2.45, 2.75) is 32.4 Å². The second-order valence-corrected chi connectivity index (χ2v) is 8.11. The Morgan fingerprint density at radius 2 is 1.45 bits per heavy atom. The average molecular weight is 418 g/mol. The Kier molecular flexibility index (Phi) is 6.92. The quantitative estimate of drug-likeness (QED) is 0.445. The van der Waals surface area contributed by atoms with E-state index in [1.807, 2.05) is 30.5 Å². The number of nitrogens with zero attached hydrogens (tertiary/aromatic N) is 2. The van der Waals surface area contributed by atoms with E-state index in [0.717, 1.165) is 48.6 Å². The molecular formula is C26H31N3O2. The number of nitrogens with one attached hydrogen (secondary N) is 1. The van der Waals surface area contributed by atoms with Crippen molar-refractivity contribution >= 4 is 11.5 Å². The fourth-order valence-electron chi connectivity index (χ4n) is 3.65. The molecule has 0 unspecified atom stereocenters. The minimum absolute atomic E-state index is 0.758. The van der Waals surface area contributed by atoms with Crippen molar-refractivity contribution in [2.75, 3.05) is 31.0 Å². The fraction of sp³-hybridized carbons (Fsp3) is 0.346. The van der Waals surface area contributed by atoms with Crippen molar-refractivity contribution < 1.29 is 9.47 Å². The summed E-state index contributed by atoms with van der Waals surface area (Å²) in [5.41, 5.74) is 3.55. The molecule has 0 aliphatic heterocycles. The topological polar surface area (TPSA) is 46.6 Å². The zero-order chi connectivity index (χ0) is 21.5. The molecule has 1 saturated carbocycles. The maximum Gasteiger partial charge on any atom is 0.131 e. The number of benzene rings is 2. The van der Waals surface area contributed by atoms with Gasteiger partial charge in [-0.2, -0.15) is 0 Å². The van der Waals surface area contributed by atoms with Crippen LogP contribution in [0.25, 0.3) is 0 Å². The van der Waals surface area contributed by atoms with E-state index in [0.29, 0.717) is 0 Å². The number of anilines is 2. The number of ether oxygens (including phenoxy) is 2. The molecule has 31 heavy (non-hydrogen) atoms. The molecule has 0 spiro atoms. The van der Waals surface area contributed by atoms with Gasteiger partial charge in [0.15, 0.2) is 0 Å². The summed E-state index contributed by atoms with van der Waals surface area (Å²) >= 11 is 0. The molecule has 3 aromatic rings. The van der Waals surface area contributed by atoms with Gasteiger partial charge < -0.3 is 19.7 Å². The molecular weight excluding hydrogens is 386 g/mol. The van der Waals surface area contributed by atoms with Crippen LogP contribution in [-0.4, -0.2) is 25.7 Å². The molecule has 5 heteroatoms. The van der Waals surface area contributed by atoms with Crippen molar-refractivity contribution in [3.05, 3.63) is 78.0 Å². The SMILES string of the molecule is COc1ccc(CN(Cc2ccc(OC)cc2)c2cc(NCCC3CC3)ccn2)cc1. The molecule has 1 aliphatic carbocycles. The molecule has 1 N–H and O–H groups in total. The van der Waals surface area contributed by atoms with Gasteiger partial charge >= 0.3 is 0 Å². The predicted molar refractivity (Wildman–Crippen MR) is 126 cm³/mol. The van der Waals surface area contributed by atoms with Gasteiger partial charge in [0.05, 0.1) is 14.2 Å².